The normalized spacial score (nSPS) is 10.8. The van der Waals surface area contributed by atoms with Gasteiger partial charge in [-0.2, -0.15) is 5.10 Å². The molecule has 0 saturated heterocycles. The van der Waals surface area contributed by atoms with E-state index in [0.29, 0.717) is 17.1 Å². The number of phenolic OH excluding ortho intramolecular Hbond substituents is 1. The summed E-state index contributed by atoms with van der Waals surface area (Å²) in [5.41, 5.74) is 2.54. The summed E-state index contributed by atoms with van der Waals surface area (Å²) in [6.07, 6.45) is 1.13. The zero-order valence-corrected chi connectivity index (χ0v) is 11.9. The predicted octanol–water partition coefficient (Wildman–Crippen LogP) is 2.27. The number of amides is 1. The van der Waals surface area contributed by atoms with Crippen molar-refractivity contribution in [1.82, 2.24) is 5.43 Å². The fourth-order valence-corrected chi connectivity index (χ4v) is 1.84. The number of nitro groups is 1. The minimum absolute atomic E-state index is 0.120. The van der Waals surface area contributed by atoms with Gasteiger partial charge in [-0.3, -0.25) is 14.9 Å². The molecule has 2 aromatic rings. The van der Waals surface area contributed by atoms with Crippen LogP contribution in [0.5, 0.6) is 5.75 Å². The first-order valence-electron chi connectivity index (χ1n) is 6.26. The van der Waals surface area contributed by atoms with Gasteiger partial charge in [0.15, 0.2) is 0 Å². The number of hydrogen-bond donors (Lipinski definition) is 2. The number of phenols is 1. The van der Waals surface area contributed by atoms with E-state index in [4.69, 9.17) is 4.42 Å². The van der Waals surface area contributed by atoms with Crippen LogP contribution in [0.15, 0.2) is 33.8 Å². The third-order valence-electron chi connectivity index (χ3n) is 2.88. The van der Waals surface area contributed by atoms with Gasteiger partial charge in [-0.25, -0.2) is 5.43 Å². The van der Waals surface area contributed by atoms with E-state index in [2.05, 4.69) is 10.5 Å². The molecule has 0 unspecified atom stereocenters. The smallest absolute Gasteiger partial charge is 0.274 e. The van der Waals surface area contributed by atoms with Crippen LogP contribution in [-0.2, 0) is 0 Å². The third kappa shape index (κ3) is 3.29. The largest absolute Gasteiger partial charge is 0.507 e. The highest BCUT2D eigenvalue weighted by atomic mass is 16.6. The molecule has 0 atom stereocenters. The number of nitro benzene ring substituents is 1. The van der Waals surface area contributed by atoms with Crippen molar-refractivity contribution in [3.8, 4) is 5.75 Å². The zero-order chi connectivity index (χ0) is 16.3. The molecule has 0 spiro atoms. The second-order valence-electron chi connectivity index (χ2n) is 4.53. The summed E-state index contributed by atoms with van der Waals surface area (Å²) in [5.74, 6) is 0.404. The SMILES string of the molecule is Cc1cc(C(=O)N/N=C/c2cc([N+](=O)[O-])ccc2O)c(C)o1. The summed E-state index contributed by atoms with van der Waals surface area (Å²) in [7, 11) is 0. The van der Waals surface area contributed by atoms with Crippen molar-refractivity contribution >= 4 is 17.8 Å². The lowest BCUT2D eigenvalue weighted by Gasteiger charge is -2.00. The number of aromatic hydroxyl groups is 1. The van der Waals surface area contributed by atoms with E-state index >= 15 is 0 Å². The number of rotatable bonds is 4. The molecule has 0 aliphatic rings. The van der Waals surface area contributed by atoms with Crippen LogP contribution >= 0.6 is 0 Å². The van der Waals surface area contributed by atoms with Gasteiger partial charge >= 0.3 is 0 Å². The molecule has 1 aromatic heterocycles. The topological polar surface area (TPSA) is 118 Å². The van der Waals surface area contributed by atoms with Crippen molar-refractivity contribution in [2.45, 2.75) is 13.8 Å². The van der Waals surface area contributed by atoms with Gasteiger partial charge in [-0.1, -0.05) is 0 Å². The second-order valence-corrected chi connectivity index (χ2v) is 4.53. The highest BCUT2D eigenvalue weighted by Gasteiger charge is 2.13. The Bertz CT molecular complexity index is 764. The Morgan fingerprint density at radius 1 is 1.41 bits per heavy atom. The molecule has 114 valence electrons. The molecule has 2 rings (SSSR count). The van der Waals surface area contributed by atoms with Crippen molar-refractivity contribution in [2.24, 2.45) is 5.10 Å². The maximum absolute atomic E-state index is 11.9. The summed E-state index contributed by atoms with van der Waals surface area (Å²) in [4.78, 5) is 22.0. The number of nitrogens with zero attached hydrogens (tertiary/aromatic N) is 2. The molecule has 8 heteroatoms. The lowest BCUT2D eigenvalue weighted by molar-refractivity contribution is -0.384. The maximum atomic E-state index is 11.9. The van der Waals surface area contributed by atoms with Crippen molar-refractivity contribution in [1.29, 1.82) is 0 Å². The zero-order valence-electron chi connectivity index (χ0n) is 11.9. The van der Waals surface area contributed by atoms with Gasteiger partial charge in [0.05, 0.1) is 16.7 Å². The minimum Gasteiger partial charge on any atom is -0.507 e. The highest BCUT2D eigenvalue weighted by molar-refractivity contribution is 5.96. The van der Waals surface area contributed by atoms with Crippen LogP contribution < -0.4 is 5.43 Å². The van der Waals surface area contributed by atoms with E-state index in [9.17, 15) is 20.0 Å². The Morgan fingerprint density at radius 2 is 2.14 bits per heavy atom. The van der Waals surface area contributed by atoms with Crippen LogP contribution in [0, 0.1) is 24.0 Å². The van der Waals surface area contributed by atoms with Crippen molar-refractivity contribution in [3.63, 3.8) is 0 Å². The Kier molecular flexibility index (Phi) is 4.21. The van der Waals surface area contributed by atoms with Crippen LogP contribution in [0.4, 0.5) is 5.69 Å². The Balaban J connectivity index is 2.12. The van der Waals surface area contributed by atoms with Crippen molar-refractivity contribution in [3.05, 3.63) is 57.0 Å². The van der Waals surface area contributed by atoms with Crippen LogP contribution in [0.1, 0.15) is 27.4 Å². The fourth-order valence-electron chi connectivity index (χ4n) is 1.84. The maximum Gasteiger partial charge on any atom is 0.274 e. The summed E-state index contributed by atoms with van der Waals surface area (Å²) < 4.78 is 5.23. The van der Waals surface area contributed by atoms with E-state index < -0.39 is 10.8 Å². The second kappa shape index (κ2) is 6.08. The molecule has 0 saturated carbocycles. The van der Waals surface area contributed by atoms with Gasteiger partial charge in [0.2, 0.25) is 0 Å². The molecule has 22 heavy (non-hydrogen) atoms. The molecule has 0 bridgehead atoms. The van der Waals surface area contributed by atoms with Crippen LogP contribution in [0.2, 0.25) is 0 Å². The molecule has 8 nitrogen and oxygen atoms in total. The van der Waals surface area contributed by atoms with E-state index in [1.807, 2.05) is 0 Å². The quantitative estimate of drug-likeness (QED) is 0.510. The van der Waals surface area contributed by atoms with Gasteiger partial charge < -0.3 is 9.52 Å². The van der Waals surface area contributed by atoms with Crippen LogP contribution in [-0.4, -0.2) is 22.2 Å². The number of hydrazone groups is 1. The van der Waals surface area contributed by atoms with Gasteiger partial charge in [-0.15, -0.1) is 0 Å². The molecule has 1 amide bonds. The Hall–Kier alpha value is -3.16. The van der Waals surface area contributed by atoms with Gasteiger partial charge in [0, 0.05) is 17.7 Å². The molecular formula is C14H13N3O5. The number of carbonyl (C=O) groups excluding carboxylic acids is 1. The number of nitrogens with one attached hydrogen (secondary N) is 1. The first-order valence-corrected chi connectivity index (χ1v) is 6.26. The van der Waals surface area contributed by atoms with E-state index in [-0.39, 0.29) is 17.0 Å². The van der Waals surface area contributed by atoms with E-state index in [1.54, 1.807) is 19.9 Å². The van der Waals surface area contributed by atoms with Crippen molar-refractivity contribution < 1.29 is 19.2 Å². The fraction of sp³-hybridized carbons (Fsp3) is 0.143. The van der Waals surface area contributed by atoms with Gasteiger partial charge in [-0.05, 0) is 26.0 Å². The van der Waals surface area contributed by atoms with E-state index in [1.165, 1.54) is 12.1 Å². The first kappa shape index (κ1) is 15.2. The molecule has 2 N–H and O–H groups in total. The van der Waals surface area contributed by atoms with E-state index in [0.717, 1.165) is 12.3 Å². The number of aryl methyl sites for hydroxylation is 2. The number of carbonyl (C=O) groups is 1. The monoisotopic (exact) mass is 303 g/mol. The summed E-state index contributed by atoms with van der Waals surface area (Å²) in [5, 5.41) is 24.0. The molecule has 1 heterocycles. The van der Waals surface area contributed by atoms with Crippen molar-refractivity contribution in [2.75, 3.05) is 0 Å². The predicted molar refractivity (Wildman–Crippen MR) is 78.0 cm³/mol. The standard InChI is InChI=1S/C14H13N3O5/c1-8-5-12(9(2)22-8)14(19)16-15-7-10-6-11(17(20)21)3-4-13(10)18/h3-7,18H,1-2H3,(H,16,19)/b15-7+. The van der Waals surface area contributed by atoms with Gasteiger partial charge in [0.1, 0.15) is 17.3 Å². The summed E-state index contributed by atoms with van der Waals surface area (Å²) in [6.45, 7) is 3.37. The minimum atomic E-state index is -0.590. The number of hydrogen-bond acceptors (Lipinski definition) is 6. The number of non-ortho nitro benzene ring substituents is 1. The number of furan rings is 1. The van der Waals surface area contributed by atoms with Crippen LogP contribution in [0.3, 0.4) is 0 Å². The first-order chi connectivity index (χ1) is 10.4. The molecular weight excluding hydrogens is 290 g/mol. The Morgan fingerprint density at radius 3 is 2.73 bits per heavy atom. The van der Waals surface area contributed by atoms with Gasteiger partial charge in [0.25, 0.3) is 11.6 Å². The lowest BCUT2D eigenvalue weighted by Crippen LogP contribution is -2.17. The lowest BCUT2D eigenvalue weighted by atomic mass is 10.2. The molecule has 0 radical (unpaired) electrons. The molecule has 0 aliphatic heterocycles. The molecule has 1 aromatic carbocycles. The number of benzene rings is 1. The average Bonchev–Trinajstić information content (AvgIpc) is 2.79. The third-order valence-corrected chi connectivity index (χ3v) is 2.88. The summed E-state index contributed by atoms with van der Waals surface area (Å²) in [6, 6.07) is 5.08. The van der Waals surface area contributed by atoms with Crippen LogP contribution in [0.25, 0.3) is 0 Å². The Labute approximate surface area is 125 Å². The molecule has 0 fully saturated rings. The highest BCUT2D eigenvalue weighted by Crippen LogP contribution is 2.21. The molecule has 0 aliphatic carbocycles. The summed E-state index contributed by atoms with van der Waals surface area (Å²) >= 11 is 0. The average molecular weight is 303 g/mol.